The van der Waals surface area contributed by atoms with Crippen molar-refractivity contribution in [3.63, 3.8) is 0 Å². The molecule has 2 unspecified atom stereocenters. The second kappa shape index (κ2) is 4.84. The van der Waals surface area contributed by atoms with Gasteiger partial charge >= 0.3 is 0 Å². The number of likely N-dealkylation sites (tertiary alicyclic amines) is 1. The van der Waals surface area contributed by atoms with E-state index in [-0.39, 0.29) is 0 Å². The second-order valence-corrected chi connectivity index (χ2v) is 4.75. The summed E-state index contributed by atoms with van der Waals surface area (Å²) in [6.07, 6.45) is 11.7. The third kappa shape index (κ3) is 1.96. The molecule has 0 spiro atoms. The number of terminal acetylenes is 1. The molecule has 14 heavy (non-hydrogen) atoms. The van der Waals surface area contributed by atoms with E-state index in [2.05, 4.69) is 26.8 Å². The predicted molar refractivity (Wildman–Crippen MR) is 61.9 cm³/mol. The Hall–Kier alpha value is -0.480. The fraction of sp³-hybridized carbons (Fsp3) is 0.846. The zero-order valence-electron chi connectivity index (χ0n) is 9.92. The van der Waals surface area contributed by atoms with Crippen molar-refractivity contribution in [2.75, 3.05) is 13.6 Å². The first-order valence-corrected chi connectivity index (χ1v) is 5.97. The van der Waals surface area contributed by atoms with Gasteiger partial charge in [-0.3, -0.25) is 0 Å². The van der Waals surface area contributed by atoms with E-state index in [9.17, 15) is 0 Å². The van der Waals surface area contributed by atoms with E-state index in [1.807, 2.05) is 0 Å². The van der Waals surface area contributed by atoms with Crippen molar-refractivity contribution in [2.24, 2.45) is 0 Å². The van der Waals surface area contributed by atoms with Gasteiger partial charge in [0.25, 0.3) is 0 Å². The lowest BCUT2D eigenvalue weighted by atomic mass is 10.0. The normalized spacial score (nSPS) is 32.1. The van der Waals surface area contributed by atoms with Gasteiger partial charge in [0.2, 0.25) is 0 Å². The zero-order chi connectivity index (χ0) is 10.6. The van der Waals surface area contributed by atoms with Gasteiger partial charge in [-0.1, -0.05) is 13.8 Å². The van der Waals surface area contributed by atoms with Crippen LogP contribution in [0.25, 0.3) is 0 Å². The summed E-state index contributed by atoms with van der Waals surface area (Å²) in [5.74, 6) is 2.85. The van der Waals surface area contributed by atoms with Crippen LogP contribution < -0.4 is 0 Å². The first kappa shape index (κ1) is 11.6. The van der Waals surface area contributed by atoms with E-state index in [0.29, 0.717) is 0 Å². The maximum absolute atomic E-state index is 5.45. The summed E-state index contributed by atoms with van der Waals surface area (Å²) < 4.78 is 1.23. The van der Waals surface area contributed by atoms with Gasteiger partial charge in [-0.2, -0.15) is 0 Å². The third-order valence-electron chi connectivity index (χ3n) is 4.14. The number of hydrogen-bond donors (Lipinski definition) is 0. The standard InChI is InChI=1S/C13H24N/c1-5-9-13-10-8-11-14(13,4)12(6-2)7-3/h1,12-13H,6-11H2,2-4H3/q+1. The van der Waals surface area contributed by atoms with E-state index < -0.39 is 0 Å². The van der Waals surface area contributed by atoms with Crippen LogP contribution in [0.4, 0.5) is 0 Å². The molecule has 0 saturated carbocycles. The summed E-state index contributed by atoms with van der Waals surface area (Å²) in [6, 6.07) is 1.54. The average molecular weight is 194 g/mol. The minimum Gasteiger partial charge on any atom is -0.320 e. The summed E-state index contributed by atoms with van der Waals surface area (Å²) in [5, 5.41) is 0. The molecule has 1 nitrogen and oxygen atoms in total. The van der Waals surface area contributed by atoms with Gasteiger partial charge in [-0.05, 0) is 12.8 Å². The predicted octanol–water partition coefficient (Wildman–Crippen LogP) is 2.81. The highest BCUT2D eigenvalue weighted by Crippen LogP contribution is 2.32. The molecule has 0 amide bonds. The number of rotatable bonds is 4. The minimum atomic E-state index is 0.727. The molecule has 0 bridgehead atoms. The van der Waals surface area contributed by atoms with Crippen LogP contribution in [-0.4, -0.2) is 30.2 Å². The molecule has 2 atom stereocenters. The molecule has 0 radical (unpaired) electrons. The Morgan fingerprint density at radius 3 is 2.57 bits per heavy atom. The molecule has 1 aliphatic rings. The highest BCUT2D eigenvalue weighted by molar-refractivity contribution is 4.89. The molecule has 1 saturated heterocycles. The molecule has 1 heterocycles. The van der Waals surface area contributed by atoms with Gasteiger partial charge in [0.05, 0.1) is 26.1 Å². The lowest BCUT2D eigenvalue weighted by Gasteiger charge is -2.42. The van der Waals surface area contributed by atoms with Gasteiger partial charge in [-0.15, -0.1) is 12.3 Å². The molecule has 0 aromatic carbocycles. The van der Waals surface area contributed by atoms with E-state index >= 15 is 0 Å². The van der Waals surface area contributed by atoms with Gasteiger partial charge in [0, 0.05) is 12.8 Å². The Bertz CT molecular complexity index is 212. The highest BCUT2D eigenvalue weighted by Gasteiger charge is 2.41. The first-order valence-electron chi connectivity index (χ1n) is 5.97. The first-order chi connectivity index (χ1) is 6.69. The van der Waals surface area contributed by atoms with Crippen molar-refractivity contribution in [3.05, 3.63) is 0 Å². The van der Waals surface area contributed by atoms with E-state index in [0.717, 1.165) is 18.5 Å². The molecule has 1 heteroatoms. The van der Waals surface area contributed by atoms with Crippen LogP contribution in [0.1, 0.15) is 46.0 Å². The van der Waals surface area contributed by atoms with Crippen LogP contribution in [-0.2, 0) is 0 Å². The van der Waals surface area contributed by atoms with Crippen molar-refractivity contribution in [1.29, 1.82) is 0 Å². The fourth-order valence-corrected chi connectivity index (χ4v) is 3.20. The van der Waals surface area contributed by atoms with Crippen LogP contribution >= 0.6 is 0 Å². The second-order valence-electron chi connectivity index (χ2n) is 4.75. The number of quaternary nitrogens is 1. The topological polar surface area (TPSA) is 0 Å². The fourth-order valence-electron chi connectivity index (χ4n) is 3.20. The monoisotopic (exact) mass is 194 g/mol. The van der Waals surface area contributed by atoms with Crippen LogP contribution in [0, 0.1) is 12.3 Å². The lowest BCUT2D eigenvalue weighted by Crippen LogP contribution is -2.54. The van der Waals surface area contributed by atoms with Crippen molar-refractivity contribution in [3.8, 4) is 12.3 Å². The van der Waals surface area contributed by atoms with Gasteiger partial charge in [0.15, 0.2) is 0 Å². The molecular formula is C13H24N+. The maximum Gasteiger partial charge on any atom is 0.100 e. The number of hydrogen-bond acceptors (Lipinski definition) is 0. The van der Waals surface area contributed by atoms with Crippen molar-refractivity contribution in [1.82, 2.24) is 0 Å². The molecule has 1 fully saturated rings. The summed E-state index contributed by atoms with van der Waals surface area (Å²) in [7, 11) is 2.41. The zero-order valence-corrected chi connectivity index (χ0v) is 9.92. The van der Waals surface area contributed by atoms with Crippen LogP contribution in [0.5, 0.6) is 0 Å². The largest absolute Gasteiger partial charge is 0.320 e. The third-order valence-corrected chi connectivity index (χ3v) is 4.14. The van der Waals surface area contributed by atoms with Crippen molar-refractivity contribution < 1.29 is 4.48 Å². The molecule has 1 rings (SSSR count). The van der Waals surface area contributed by atoms with E-state index in [1.165, 1.54) is 36.7 Å². The van der Waals surface area contributed by atoms with E-state index in [4.69, 9.17) is 6.42 Å². The molecule has 0 N–H and O–H groups in total. The molecule has 0 aromatic rings. The summed E-state index contributed by atoms with van der Waals surface area (Å²) in [5.41, 5.74) is 0. The Labute approximate surface area is 89.1 Å². The molecule has 1 aliphatic heterocycles. The molecule has 0 aliphatic carbocycles. The van der Waals surface area contributed by atoms with Crippen molar-refractivity contribution >= 4 is 0 Å². The SMILES string of the molecule is C#CCC1CCC[N+]1(C)C(CC)CC. The van der Waals surface area contributed by atoms with Gasteiger partial charge < -0.3 is 4.48 Å². The Balaban J connectivity index is 2.74. The lowest BCUT2D eigenvalue weighted by molar-refractivity contribution is -0.944. The molecule has 0 aromatic heterocycles. The summed E-state index contributed by atoms with van der Waals surface area (Å²) in [6.45, 7) is 5.95. The number of nitrogens with zero attached hydrogens (tertiary/aromatic N) is 1. The Kier molecular flexibility index (Phi) is 4.01. The van der Waals surface area contributed by atoms with Crippen LogP contribution in [0.3, 0.4) is 0 Å². The smallest absolute Gasteiger partial charge is 0.100 e. The quantitative estimate of drug-likeness (QED) is 0.477. The van der Waals surface area contributed by atoms with Crippen LogP contribution in [0.2, 0.25) is 0 Å². The summed E-state index contributed by atoms with van der Waals surface area (Å²) in [4.78, 5) is 0. The molecular weight excluding hydrogens is 170 g/mol. The van der Waals surface area contributed by atoms with Gasteiger partial charge in [-0.25, -0.2) is 0 Å². The molecule has 80 valence electrons. The Morgan fingerprint density at radius 2 is 2.07 bits per heavy atom. The average Bonchev–Trinajstić information content (AvgIpc) is 2.52. The van der Waals surface area contributed by atoms with Crippen molar-refractivity contribution in [2.45, 2.75) is 58.0 Å². The Morgan fingerprint density at radius 1 is 1.43 bits per heavy atom. The minimum absolute atomic E-state index is 0.727. The van der Waals surface area contributed by atoms with Crippen LogP contribution in [0.15, 0.2) is 0 Å². The maximum atomic E-state index is 5.45. The summed E-state index contributed by atoms with van der Waals surface area (Å²) >= 11 is 0. The highest BCUT2D eigenvalue weighted by atomic mass is 15.4. The van der Waals surface area contributed by atoms with Gasteiger partial charge in [0.1, 0.15) is 6.04 Å². The van der Waals surface area contributed by atoms with E-state index in [1.54, 1.807) is 0 Å².